The number of ether oxygens (including phenoxy) is 2. The largest absolute Gasteiger partial charge is 0.493 e. The van der Waals surface area contributed by atoms with E-state index in [0.717, 1.165) is 54.7 Å². The maximum Gasteiger partial charge on any atom is 0.140 e. The fourth-order valence-corrected chi connectivity index (χ4v) is 9.12. The second-order valence-electron chi connectivity index (χ2n) is 20.0. The summed E-state index contributed by atoms with van der Waals surface area (Å²) < 4.78 is 12.3. The van der Waals surface area contributed by atoms with Crippen molar-refractivity contribution in [2.24, 2.45) is 52.3 Å². The van der Waals surface area contributed by atoms with E-state index in [1.807, 2.05) is 51.1 Å². The van der Waals surface area contributed by atoms with E-state index < -0.39 is 0 Å². The highest BCUT2D eigenvalue weighted by Crippen LogP contribution is 2.71. The van der Waals surface area contributed by atoms with Gasteiger partial charge in [0.05, 0.1) is 12.4 Å². The van der Waals surface area contributed by atoms with Crippen LogP contribution in [0, 0.1) is 52.3 Å². The molecule has 1 aromatic carbocycles. The summed E-state index contributed by atoms with van der Waals surface area (Å²) >= 11 is 0. The Morgan fingerprint density at radius 3 is 2.09 bits per heavy atom. The van der Waals surface area contributed by atoms with Crippen molar-refractivity contribution in [1.82, 2.24) is 0 Å². The van der Waals surface area contributed by atoms with Crippen LogP contribution in [0.5, 0.6) is 0 Å². The molecule has 0 aromatic heterocycles. The number of fused-ring (bicyclic) bond motifs is 1. The average Bonchev–Trinajstić information content (AvgIpc) is 3.95. The lowest BCUT2D eigenvalue weighted by molar-refractivity contribution is -0.138. The van der Waals surface area contributed by atoms with Crippen LogP contribution >= 0.6 is 0 Å². The summed E-state index contributed by atoms with van der Waals surface area (Å²) in [7, 11) is 0. The van der Waals surface area contributed by atoms with E-state index in [0.29, 0.717) is 44.2 Å². The molecule has 308 valence electrons. The lowest BCUT2D eigenvalue weighted by atomic mass is 9.68. The second-order valence-corrected chi connectivity index (χ2v) is 20.0. The molecule has 3 aliphatic rings. The average molecular weight is 759 g/mol. The number of hydrogen-bond acceptors (Lipinski definition) is 5. The summed E-state index contributed by atoms with van der Waals surface area (Å²) in [4.78, 5) is 41.4. The highest BCUT2D eigenvalue weighted by atomic mass is 16.5. The fourth-order valence-electron chi connectivity index (χ4n) is 9.12. The zero-order valence-electron chi connectivity index (χ0n) is 36.9. The standard InChI is InChI=1S/C47H70O5.C3H8/c1-30(25-37(33(4)48)35-18-14-13-15-19-35)17-16-24-51-29-31(2)36(23-22-34-20-21-34)27-41(49)42-38(28-39-43(42)47(39,11)12)44(50)40(45(5,6)7)26-32(3)52-46(8,9)10;1-3-2/h13-15,18-19,34,36-40,42-43H,1-3,16-17,20-29H2,4-12H3;3H2,1-2H3. The molecule has 55 heavy (non-hydrogen) atoms. The summed E-state index contributed by atoms with van der Waals surface area (Å²) in [6.07, 6.45) is 9.84. The molecule has 5 heteroatoms. The van der Waals surface area contributed by atoms with Crippen LogP contribution < -0.4 is 0 Å². The molecule has 3 saturated carbocycles. The molecule has 0 radical (unpaired) electrons. The number of ketones is 3. The van der Waals surface area contributed by atoms with Crippen molar-refractivity contribution in [2.45, 2.75) is 158 Å². The van der Waals surface area contributed by atoms with E-state index in [1.54, 1.807) is 6.92 Å². The van der Waals surface area contributed by atoms with Gasteiger partial charge in [-0.3, -0.25) is 14.4 Å². The van der Waals surface area contributed by atoms with Gasteiger partial charge in [0.25, 0.3) is 0 Å². The van der Waals surface area contributed by atoms with Gasteiger partial charge in [-0.15, -0.1) is 0 Å². The molecule has 3 fully saturated rings. The number of benzene rings is 1. The Labute approximate surface area is 336 Å². The van der Waals surface area contributed by atoms with Crippen molar-refractivity contribution in [2.75, 3.05) is 13.2 Å². The minimum absolute atomic E-state index is 0.0558. The van der Waals surface area contributed by atoms with Crippen molar-refractivity contribution in [3.05, 3.63) is 72.5 Å². The van der Waals surface area contributed by atoms with Crippen molar-refractivity contribution in [3.8, 4) is 0 Å². The molecule has 0 heterocycles. The Hall–Kier alpha value is -2.79. The predicted molar refractivity (Wildman–Crippen MR) is 229 cm³/mol. The molecular formula is C50H78O5. The first-order chi connectivity index (χ1) is 25.6. The third-order valence-electron chi connectivity index (χ3n) is 12.4. The first-order valence-electron chi connectivity index (χ1n) is 21.5. The Balaban J connectivity index is 0.00000262. The zero-order valence-corrected chi connectivity index (χ0v) is 36.9. The van der Waals surface area contributed by atoms with Gasteiger partial charge in [0.1, 0.15) is 23.0 Å². The van der Waals surface area contributed by atoms with E-state index in [-0.39, 0.29) is 69.3 Å². The molecule has 4 rings (SSSR count). The molecule has 3 aliphatic carbocycles. The van der Waals surface area contributed by atoms with Crippen LogP contribution in [-0.2, 0) is 23.9 Å². The Morgan fingerprint density at radius 1 is 0.927 bits per heavy atom. The topological polar surface area (TPSA) is 69.7 Å². The van der Waals surface area contributed by atoms with Gasteiger partial charge in [0, 0.05) is 43.1 Å². The predicted octanol–water partition coefficient (Wildman–Crippen LogP) is 12.7. The number of rotatable bonds is 22. The van der Waals surface area contributed by atoms with Gasteiger partial charge in [-0.1, -0.05) is 123 Å². The maximum absolute atomic E-state index is 14.5. The van der Waals surface area contributed by atoms with Gasteiger partial charge in [-0.05, 0) is 112 Å². The monoisotopic (exact) mass is 759 g/mol. The molecule has 0 saturated heterocycles. The minimum atomic E-state index is -0.376. The van der Waals surface area contributed by atoms with Crippen LogP contribution in [0.3, 0.4) is 0 Å². The number of allylic oxidation sites excluding steroid dienone is 2. The van der Waals surface area contributed by atoms with Gasteiger partial charge >= 0.3 is 0 Å². The normalized spacial score (nSPS) is 23.0. The molecule has 0 N–H and O–H groups in total. The van der Waals surface area contributed by atoms with Gasteiger partial charge in [0.15, 0.2) is 0 Å². The summed E-state index contributed by atoms with van der Waals surface area (Å²) in [5.74, 6) is 1.81. The van der Waals surface area contributed by atoms with Gasteiger partial charge in [0.2, 0.25) is 0 Å². The van der Waals surface area contributed by atoms with Crippen molar-refractivity contribution < 1.29 is 23.9 Å². The minimum Gasteiger partial charge on any atom is -0.493 e. The molecule has 1 aromatic rings. The van der Waals surface area contributed by atoms with E-state index in [1.165, 1.54) is 19.3 Å². The van der Waals surface area contributed by atoms with Crippen molar-refractivity contribution >= 4 is 17.3 Å². The molecule has 0 amide bonds. The van der Waals surface area contributed by atoms with Crippen molar-refractivity contribution in [3.63, 3.8) is 0 Å². The maximum atomic E-state index is 14.5. The SMILES string of the molecule is C=C(CCCOCC(=C)C(CCC1CC1)CC(=O)C1C(C(=O)C(CC(=C)OC(C)(C)C)C(C)(C)C)CC2C1C2(C)C)CC(C(C)=O)c1ccccc1.CCC. The zero-order chi connectivity index (χ0) is 41.3. The van der Waals surface area contributed by atoms with E-state index in [9.17, 15) is 14.4 Å². The Bertz CT molecular complexity index is 1470. The smallest absolute Gasteiger partial charge is 0.140 e. The highest BCUT2D eigenvalue weighted by Gasteiger charge is 2.69. The molecule has 0 bridgehead atoms. The van der Waals surface area contributed by atoms with Crippen LogP contribution in [0.25, 0.3) is 0 Å². The Morgan fingerprint density at radius 2 is 1.55 bits per heavy atom. The van der Waals surface area contributed by atoms with E-state index >= 15 is 0 Å². The van der Waals surface area contributed by atoms with Crippen LogP contribution in [0.15, 0.2) is 67.0 Å². The summed E-state index contributed by atoms with van der Waals surface area (Å²) in [6.45, 7) is 36.8. The van der Waals surface area contributed by atoms with Gasteiger partial charge in [-0.25, -0.2) is 0 Å². The molecule has 7 atom stereocenters. The molecule has 5 nitrogen and oxygen atoms in total. The summed E-state index contributed by atoms with van der Waals surface area (Å²) in [6, 6.07) is 9.94. The van der Waals surface area contributed by atoms with Crippen LogP contribution in [-0.4, -0.2) is 36.2 Å². The summed E-state index contributed by atoms with van der Waals surface area (Å²) in [5.41, 5.74) is 2.52. The molecule has 7 unspecified atom stereocenters. The first-order valence-corrected chi connectivity index (χ1v) is 21.5. The van der Waals surface area contributed by atoms with E-state index in [2.05, 4.69) is 68.2 Å². The highest BCUT2D eigenvalue weighted by molar-refractivity contribution is 5.93. The number of Topliss-reactive ketones (excluding diaryl/α,β-unsaturated/α-hetero) is 3. The molecular weight excluding hydrogens is 681 g/mol. The van der Waals surface area contributed by atoms with E-state index in [4.69, 9.17) is 9.47 Å². The lowest BCUT2D eigenvalue weighted by Gasteiger charge is -2.36. The van der Waals surface area contributed by atoms with Crippen LogP contribution in [0.1, 0.15) is 158 Å². The lowest BCUT2D eigenvalue weighted by Crippen LogP contribution is -2.40. The number of carbonyl (C=O) groups is 3. The second kappa shape index (κ2) is 20.1. The molecule has 0 aliphatic heterocycles. The van der Waals surface area contributed by atoms with Crippen LogP contribution in [0.2, 0.25) is 0 Å². The number of hydrogen-bond donors (Lipinski definition) is 0. The Kier molecular flexibility index (Phi) is 17.0. The number of carbonyl (C=O) groups excluding carboxylic acids is 3. The first kappa shape index (κ1) is 46.6. The van der Waals surface area contributed by atoms with Crippen molar-refractivity contribution in [1.29, 1.82) is 0 Å². The molecule has 0 spiro atoms. The fraction of sp³-hybridized carbons (Fsp3) is 0.700. The third-order valence-corrected chi connectivity index (χ3v) is 12.4. The third kappa shape index (κ3) is 14.0. The van der Waals surface area contributed by atoms with Gasteiger partial charge < -0.3 is 9.47 Å². The van der Waals surface area contributed by atoms with Gasteiger partial charge in [-0.2, -0.15) is 0 Å². The summed E-state index contributed by atoms with van der Waals surface area (Å²) in [5, 5.41) is 0. The quantitative estimate of drug-likeness (QED) is 0.0669. The van der Waals surface area contributed by atoms with Crippen LogP contribution in [0.4, 0.5) is 0 Å².